The van der Waals surface area contributed by atoms with Crippen molar-refractivity contribution in [2.45, 2.75) is 25.8 Å². The number of hydrogen-bond acceptors (Lipinski definition) is 4. The average molecular weight is 311 g/mol. The first kappa shape index (κ1) is 15.5. The van der Waals surface area contributed by atoms with Gasteiger partial charge in [0.05, 0.1) is 5.56 Å². The Morgan fingerprint density at radius 3 is 3.00 bits per heavy atom. The molecule has 0 radical (unpaired) electrons. The number of aliphatic hydroxyl groups excluding tert-OH is 1. The smallest absolute Gasteiger partial charge is 0.262 e. The van der Waals surface area contributed by atoms with Gasteiger partial charge in [0.15, 0.2) is 0 Å². The van der Waals surface area contributed by atoms with Crippen molar-refractivity contribution in [1.29, 1.82) is 0 Å². The van der Waals surface area contributed by atoms with Crippen LogP contribution in [0.25, 0.3) is 0 Å². The van der Waals surface area contributed by atoms with Crippen molar-refractivity contribution < 1.29 is 9.90 Å². The molecule has 5 heteroatoms. The van der Waals surface area contributed by atoms with Gasteiger partial charge in [-0.15, -0.1) is 0 Å². The van der Waals surface area contributed by atoms with Crippen molar-refractivity contribution in [2.24, 2.45) is 0 Å². The third-order valence-corrected chi connectivity index (χ3v) is 4.12. The van der Waals surface area contributed by atoms with Crippen molar-refractivity contribution in [1.82, 2.24) is 4.98 Å². The van der Waals surface area contributed by atoms with Crippen LogP contribution < -0.4 is 10.2 Å². The lowest BCUT2D eigenvalue weighted by Gasteiger charge is -2.20. The standard InChI is InChI=1S/C18H21N3O2/c1-13(9-12-22)20-17-15(6-4-10-19-17)18(23)21-11-8-14-5-2-3-7-16(14)21/h2-7,10,13,22H,8-9,11-12H2,1H3,(H,19,20). The number of aliphatic hydroxyl groups is 1. The molecule has 0 fully saturated rings. The fraction of sp³-hybridized carbons (Fsp3) is 0.333. The molecule has 5 nitrogen and oxygen atoms in total. The number of benzene rings is 1. The molecule has 1 aliphatic heterocycles. The van der Waals surface area contributed by atoms with Gasteiger partial charge >= 0.3 is 0 Å². The van der Waals surface area contributed by atoms with E-state index in [1.54, 1.807) is 18.3 Å². The van der Waals surface area contributed by atoms with Gasteiger partial charge in [0.1, 0.15) is 5.82 Å². The minimum atomic E-state index is -0.0400. The van der Waals surface area contributed by atoms with E-state index in [0.717, 1.165) is 12.1 Å². The minimum Gasteiger partial charge on any atom is -0.396 e. The molecular weight excluding hydrogens is 290 g/mol. The van der Waals surface area contributed by atoms with Crippen LogP contribution in [0.3, 0.4) is 0 Å². The normalized spacial score (nSPS) is 14.4. The highest BCUT2D eigenvalue weighted by molar-refractivity contribution is 6.10. The Hall–Kier alpha value is -2.40. The highest BCUT2D eigenvalue weighted by Crippen LogP contribution is 2.30. The number of nitrogens with zero attached hydrogens (tertiary/aromatic N) is 2. The van der Waals surface area contributed by atoms with Gasteiger partial charge in [-0.25, -0.2) is 4.98 Å². The molecule has 1 aromatic heterocycles. The molecule has 0 saturated carbocycles. The summed E-state index contributed by atoms with van der Waals surface area (Å²) in [6.07, 6.45) is 3.16. The molecule has 120 valence electrons. The molecule has 1 aliphatic rings. The maximum Gasteiger partial charge on any atom is 0.262 e. The van der Waals surface area contributed by atoms with Crippen LogP contribution in [0.4, 0.5) is 11.5 Å². The Kier molecular flexibility index (Phi) is 4.57. The lowest BCUT2D eigenvalue weighted by atomic mass is 10.1. The number of amides is 1. The third-order valence-electron chi connectivity index (χ3n) is 4.12. The highest BCUT2D eigenvalue weighted by Gasteiger charge is 2.27. The second-order valence-corrected chi connectivity index (χ2v) is 5.79. The van der Waals surface area contributed by atoms with Gasteiger partial charge in [0, 0.05) is 31.1 Å². The average Bonchev–Trinajstić information content (AvgIpc) is 2.99. The van der Waals surface area contributed by atoms with Gasteiger partial charge < -0.3 is 15.3 Å². The third kappa shape index (κ3) is 3.19. The SMILES string of the molecule is CC(CCO)Nc1ncccc1C(=O)N1CCc2ccccc21. The summed E-state index contributed by atoms with van der Waals surface area (Å²) in [6, 6.07) is 11.6. The van der Waals surface area contributed by atoms with E-state index in [-0.39, 0.29) is 18.6 Å². The minimum absolute atomic E-state index is 0.0400. The quantitative estimate of drug-likeness (QED) is 0.890. The predicted octanol–water partition coefficient (Wildman–Crippen LogP) is 2.47. The molecule has 1 unspecified atom stereocenters. The number of pyridine rings is 1. The van der Waals surface area contributed by atoms with Gasteiger partial charge in [-0.05, 0) is 43.5 Å². The number of carbonyl (C=O) groups is 1. The van der Waals surface area contributed by atoms with Gasteiger partial charge in [0.25, 0.3) is 5.91 Å². The Morgan fingerprint density at radius 2 is 2.17 bits per heavy atom. The summed E-state index contributed by atoms with van der Waals surface area (Å²) in [5, 5.41) is 12.3. The summed E-state index contributed by atoms with van der Waals surface area (Å²) >= 11 is 0. The number of para-hydroxylation sites is 1. The van der Waals surface area contributed by atoms with Crippen LogP contribution in [0, 0.1) is 0 Å². The number of carbonyl (C=O) groups excluding carboxylic acids is 1. The van der Waals surface area contributed by atoms with Crippen LogP contribution in [-0.4, -0.2) is 35.2 Å². The number of fused-ring (bicyclic) bond motifs is 1. The fourth-order valence-electron chi connectivity index (χ4n) is 2.89. The van der Waals surface area contributed by atoms with Crippen molar-refractivity contribution in [3.63, 3.8) is 0 Å². The molecule has 1 atom stereocenters. The predicted molar refractivity (Wildman–Crippen MR) is 90.8 cm³/mol. The fourth-order valence-corrected chi connectivity index (χ4v) is 2.89. The van der Waals surface area contributed by atoms with Crippen LogP contribution >= 0.6 is 0 Å². The summed E-state index contributed by atoms with van der Waals surface area (Å²) in [7, 11) is 0. The molecule has 0 saturated heterocycles. The first-order chi connectivity index (χ1) is 11.2. The molecule has 1 aromatic carbocycles. The van der Waals surface area contributed by atoms with Crippen molar-refractivity contribution >= 4 is 17.4 Å². The first-order valence-corrected chi connectivity index (χ1v) is 7.93. The van der Waals surface area contributed by atoms with E-state index < -0.39 is 0 Å². The van der Waals surface area contributed by atoms with E-state index in [1.807, 2.05) is 30.0 Å². The van der Waals surface area contributed by atoms with Crippen molar-refractivity contribution in [2.75, 3.05) is 23.4 Å². The maximum atomic E-state index is 13.0. The van der Waals surface area contributed by atoms with Gasteiger partial charge in [-0.1, -0.05) is 18.2 Å². The van der Waals surface area contributed by atoms with E-state index in [9.17, 15) is 4.79 Å². The maximum absolute atomic E-state index is 13.0. The van der Waals surface area contributed by atoms with Crippen molar-refractivity contribution in [3.8, 4) is 0 Å². The number of hydrogen-bond donors (Lipinski definition) is 2. The van der Waals surface area contributed by atoms with Crippen LogP contribution in [0.2, 0.25) is 0 Å². The van der Waals surface area contributed by atoms with E-state index in [2.05, 4.69) is 16.4 Å². The lowest BCUT2D eigenvalue weighted by molar-refractivity contribution is 0.0990. The van der Waals surface area contributed by atoms with Gasteiger partial charge in [0.2, 0.25) is 0 Å². The zero-order valence-corrected chi connectivity index (χ0v) is 13.2. The lowest BCUT2D eigenvalue weighted by Crippen LogP contribution is -2.30. The number of aromatic nitrogens is 1. The summed E-state index contributed by atoms with van der Waals surface area (Å²) in [5.41, 5.74) is 2.75. The van der Waals surface area contributed by atoms with E-state index in [1.165, 1.54) is 5.56 Å². The Morgan fingerprint density at radius 1 is 1.35 bits per heavy atom. The Balaban J connectivity index is 1.86. The second kappa shape index (κ2) is 6.79. The van der Waals surface area contributed by atoms with Crippen LogP contribution in [0.15, 0.2) is 42.6 Å². The zero-order chi connectivity index (χ0) is 16.2. The Labute approximate surface area is 136 Å². The molecule has 23 heavy (non-hydrogen) atoms. The number of rotatable bonds is 5. The zero-order valence-electron chi connectivity index (χ0n) is 13.2. The van der Waals surface area contributed by atoms with E-state index >= 15 is 0 Å². The molecule has 0 aliphatic carbocycles. The molecule has 2 N–H and O–H groups in total. The van der Waals surface area contributed by atoms with E-state index in [0.29, 0.717) is 24.3 Å². The largest absolute Gasteiger partial charge is 0.396 e. The highest BCUT2D eigenvalue weighted by atomic mass is 16.3. The molecule has 0 spiro atoms. The first-order valence-electron chi connectivity index (χ1n) is 7.93. The summed E-state index contributed by atoms with van der Waals surface area (Å²) in [5.74, 6) is 0.532. The summed E-state index contributed by atoms with van der Waals surface area (Å²) in [6.45, 7) is 2.76. The molecule has 3 rings (SSSR count). The molecular formula is C18H21N3O2. The molecule has 2 heterocycles. The number of anilines is 2. The molecule has 0 bridgehead atoms. The van der Waals surface area contributed by atoms with Gasteiger partial charge in [-0.3, -0.25) is 4.79 Å². The van der Waals surface area contributed by atoms with Gasteiger partial charge in [-0.2, -0.15) is 0 Å². The van der Waals surface area contributed by atoms with Crippen LogP contribution in [0.1, 0.15) is 29.3 Å². The second-order valence-electron chi connectivity index (χ2n) is 5.79. The van der Waals surface area contributed by atoms with Crippen LogP contribution in [-0.2, 0) is 6.42 Å². The Bertz CT molecular complexity index is 702. The summed E-state index contributed by atoms with van der Waals surface area (Å²) < 4.78 is 0. The molecule has 1 amide bonds. The van der Waals surface area contributed by atoms with Crippen LogP contribution in [0.5, 0.6) is 0 Å². The number of nitrogens with one attached hydrogen (secondary N) is 1. The monoisotopic (exact) mass is 311 g/mol. The summed E-state index contributed by atoms with van der Waals surface area (Å²) in [4.78, 5) is 19.1. The molecule has 2 aromatic rings. The van der Waals surface area contributed by atoms with Crippen molar-refractivity contribution in [3.05, 3.63) is 53.7 Å². The topological polar surface area (TPSA) is 65.5 Å². The van der Waals surface area contributed by atoms with E-state index in [4.69, 9.17) is 5.11 Å².